The summed E-state index contributed by atoms with van der Waals surface area (Å²) in [7, 11) is 0. The Bertz CT molecular complexity index is 248. The van der Waals surface area contributed by atoms with Crippen molar-refractivity contribution >= 4 is 5.91 Å². The van der Waals surface area contributed by atoms with E-state index in [0.717, 1.165) is 13.0 Å². The molecule has 0 spiro atoms. The Kier molecular flexibility index (Phi) is 3.01. The minimum atomic E-state index is 0.110. The van der Waals surface area contributed by atoms with Crippen LogP contribution in [-0.4, -0.2) is 35.5 Å². The van der Waals surface area contributed by atoms with Gasteiger partial charge in [0.2, 0.25) is 5.91 Å². The molecule has 0 radical (unpaired) electrons. The molecule has 86 valence electrons. The molecular weight excluding hydrogens is 188 g/mol. The van der Waals surface area contributed by atoms with Gasteiger partial charge in [0, 0.05) is 18.6 Å². The van der Waals surface area contributed by atoms with E-state index in [1.54, 1.807) is 0 Å². The maximum Gasteiger partial charge on any atom is 0.240 e. The van der Waals surface area contributed by atoms with Crippen LogP contribution in [0.4, 0.5) is 0 Å². The minimum Gasteiger partial charge on any atom is -0.338 e. The van der Waals surface area contributed by atoms with E-state index in [2.05, 4.69) is 26.1 Å². The monoisotopic (exact) mass is 210 g/mol. The summed E-state index contributed by atoms with van der Waals surface area (Å²) in [5, 5.41) is 3.44. The number of hydrogen-bond acceptors (Lipinski definition) is 2. The molecule has 1 aliphatic heterocycles. The van der Waals surface area contributed by atoms with Gasteiger partial charge in [-0.3, -0.25) is 4.79 Å². The third-order valence-corrected chi connectivity index (χ3v) is 3.71. The lowest BCUT2D eigenvalue weighted by Crippen LogP contribution is -2.44. The first-order chi connectivity index (χ1) is 7.09. The van der Waals surface area contributed by atoms with Crippen LogP contribution >= 0.6 is 0 Å². The standard InChI is InChI=1S/C12H22N2O/c1-8(2)9(3)14-7-6-11(12(14)15)13-10-4-5-10/h8-11,13H,4-7H2,1-3H3. The van der Waals surface area contributed by atoms with Gasteiger partial charge in [0.1, 0.15) is 0 Å². The first kappa shape index (κ1) is 10.9. The highest BCUT2D eigenvalue weighted by molar-refractivity contribution is 5.84. The molecule has 2 unspecified atom stereocenters. The lowest BCUT2D eigenvalue weighted by atomic mass is 10.1. The molecule has 0 aromatic heterocycles. The number of carbonyl (C=O) groups is 1. The Morgan fingerprint density at radius 3 is 2.47 bits per heavy atom. The molecular formula is C12H22N2O. The number of nitrogens with one attached hydrogen (secondary N) is 1. The van der Waals surface area contributed by atoms with Gasteiger partial charge in [-0.1, -0.05) is 13.8 Å². The molecule has 1 heterocycles. The largest absolute Gasteiger partial charge is 0.338 e. The summed E-state index contributed by atoms with van der Waals surface area (Å²) in [5.41, 5.74) is 0. The molecule has 3 nitrogen and oxygen atoms in total. The van der Waals surface area contributed by atoms with Gasteiger partial charge in [0.25, 0.3) is 0 Å². The van der Waals surface area contributed by atoms with Gasteiger partial charge in [-0.05, 0) is 32.1 Å². The van der Waals surface area contributed by atoms with Gasteiger partial charge < -0.3 is 10.2 Å². The van der Waals surface area contributed by atoms with Gasteiger partial charge >= 0.3 is 0 Å². The topological polar surface area (TPSA) is 32.3 Å². The molecule has 1 N–H and O–H groups in total. The summed E-state index contributed by atoms with van der Waals surface area (Å²) in [4.78, 5) is 14.1. The second-order valence-corrected chi connectivity index (χ2v) is 5.30. The molecule has 3 heteroatoms. The second-order valence-electron chi connectivity index (χ2n) is 5.30. The van der Waals surface area contributed by atoms with E-state index in [4.69, 9.17) is 0 Å². The third kappa shape index (κ3) is 2.33. The van der Waals surface area contributed by atoms with Gasteiger partial charge in [0.05, 0.1) is 6.04 Å². The van der Waals surface area contributed by atoms with E-state index >= 15 is 0 Å². The van der Waals surface area contributed by atoms with E-state index in [0.29, 0.717) is 23.9 Å². The van der Waals surface area contributed by atoms with Crippen LogP contribution < -0.4 is 5.32 Å². The van der Waals surface area contributed by atoms with Gasteiger partial charge in [-0.2, -0.15) is 0 Å². The molecule has 1 saturated heterocycles. The molecule has 2 fully saturated rings. The summed E-state index contributed by atoms with van der Waals surface area (Å²) in [6, 6.07) is 1.12. The summed E-state index contributed by atoms with van der Waals surface area (Å²) >= 11 is 0. The predicted molar refractivity (Wildman–Crippen MR) is 60.6 cm³/mol. The van der Waals surface area contributed by atoms with Crippen molar-refractivity contribution in [1.82, 2.24) is 10.2 Å². The minimum absolute atomic E-state index is 0.110. The maximum absolute atomic E-state index is 12.1. The van der Waals surface area contributed by atoms with Crippen LogP contribution in [0.3, 0.4) is 0 Å². The third-order valence-electron chi connectivity index (χ3n) is 3.71. The second kappa shape index (κ2) is 4.12. The van der Waals surface area contributed by atoms with Gasteiger partial charge in [-0.15, -0.1) is 0 Å². The van der Waals surface area contributed by atoms with Crippen molar-refractivity contribution in [3.8, 4) is 0 Å². The molecule has 1 amide bonds. The van der Waals surface area contributed by atoms with E-state index in [1.807, 2.05) is 4.90 Å². The fraction of sp³-hybridized carbons (Fsp3) is 0.917. The Labute approximate surface area is 92.2 Å². The highest BCUT2D eigenvalue weighted by Gasteiger charge is 2.37. The lowest BCUT2D eigenvalue weighted by Gasteiger charge is -2.28. The zero-order chi connectivity index (χ0) is 11.0. The van der Waals surface area contributed by atoms with Crippen molar-refractivity contribution in [2.45, 2.75) is 58.2 Å². The Hall–Kier alpha value is -0.570. The van der Waals surface area contributed by atoms with Gasteiger partial charge in [0.15, 0.2) is 0 Å². The van der Waals surface area contributed by atoms with E-state index in [-0.39, 0.29) is 6.04 Å². The molecule has 2 aliphatic rings. The van der Waals surface area contributed by atoms with E-state index < -0.39 is 0 Å². The number of nitrogens with zero attached hydrogens (tertiary/aromatic N) is 1. The fourth-order valence-electron chi connectivity index (χ4n) is 2.16. The highest BCUT2D eigenvalue weighted by Crippen LogP contribution is 2.24. The number of rotatable bonds is 4. The zero-order valence-corrected chi connectivity index (χ0v) is 9.99. The zero-order valence-electron chi connectivity index (χ0n) is 9.99. The van der Waals surface area contributed by atoms with Crippen LogP contribution in [-0.2, 0) is 4.79 Å². The van der Waals surface area contributed by atoms with Crippen LogP contribution in [0.5, 0.6) is 0 Å². The normalized spacial score (nSPS) is 28.9. The molecule has 1 aliphatic carbocycles. The summed E-state index contributed by atoms with van der Waals surface area (Å²) in [6.45, 7) is 7.45. The molecule has 1 saturated carbocycles. The smallest absolute Gasteiger partial charge is 0.240 e. The fourth-order valence-corrected chi connectivity index (χ4v) is 2.16. The summed E-state index contributed by atoms with van der Waals surface area (Å²) < 4.78 is 0. The first-order valence-corrected chi connectivity index (χ1v) is 6.16. The van der Waals surface area contributed by atoms with Crippen LogP contribution in [0, 0.1) is 5.92 Å². The van der Waals surface area contributed by atoms with Crippen molar-refractivity contribution < 1.29 is 4.79 Å². The van der Waals surface area contributed by atoms with Crippen LogP contribution in [0.15, 0.2) is 0 Å². The van der Waals surface area contributed by atoms with Crippen LogP contribution in [0.2, 0.25) is 0 Å². The highest BCUT2D eigenvalue weighted by atomic mass is 16.2. The van der Waals surface area contributed by atoms with Crippen molar-refractivity contribution in [1.29, 1.82) is 0 Å². The van der Waals surface area contributed by atoms with Crippen molar-refractivity contribution in [2.24, 2.45) is 5.92 Å². The van der Waals surface area contributed by atoms with Crippen molar-refractivity contribution in [2.75, 3.05) is 6.54 Å². The molecule has 0 aromatic rings. The van der Waals surface area contributed by atoms with Crippen LogP contribution in [0.25, 0.3) is 0 Å². The van der Waals surface area contributed by atoms with Crippen molar-refractivity contribution in [3.05, 3.63) is 0 Å². The van der Waals surface area contributed by atoms with Crippen molar-refractivity contribution in [3.63, 3.8) is 0 Å². The summed E-state index contributed by atoms with van der Waals surface area (Å²) in [5.74, 6) is 0.872. The van der Waals surface area contributed by atoms with E-state index in [9.17, 15) is 4.79 Å². The first-order valence-electron chi connectivity index (χ1n) is 6.16. The lowest BCUT2D eigenvalue weighted by molar-refractivity contribution is -0.131. The molecule has 15 heavy (non-hydrogen) atoms. The Morgan fingerprint density at radius 2 is 1.93 bits per heavy atom. The number of hydrogen-bond donors (Lipinski definition) is 1. The summed E-state index contributed by atoms with van der Waals surface area (Å²) in [6.07, 6.45) is 3.50. The number of carbonyl (C=O) groups excluding carboxylic acids is 1. The molecule has 2 rings (SSSR count). The molecule has 0 aromatic carbocycles. The molecule has 2 atom stereocenters. The van der Waals surface area contributed by atoms with Gasteiger partial charge in [-0.25, -0.2) is 0 Å². The Morgan fingerprint density at radius 1 is 1.27 bits per heavy atom. The predicted octanol–water partition coefficient (Wildman–Crippen LogP) is 1.38. The Balaban J connectivity index is 1.90. The average Bonchev–Trinajstić information content (AvgIpc) is 2.92. The molecule has 0 bridgehead atoms. The number of likely N-dealkylation sites (tertiary alicyclic amines) is 1. The maximum atomic E-state index is 12.1. The average molecular weight is 210 g/mol. The quantitative estimate of drug-likeness (QED) is 0.760. The van der Waals surface area contributed by atoms with E-state index in [1.165, 1.54) is 12.8 Å². The van der Waals surface area contributed by atoms with Crippen LogP contribution in [0.1, 0.15) is 40.0 Å². The SMILES string of the molecule is CC(C)C(C)N1CCC(NC2CC2)C1=O. The number of amides is 1.